The van der Waals surface area contributed by atoms with Crippen molar-refractivity contribution < 1.29 is 4.74 Å². The number of rotatable bonds is 4. The lowest BCUT2D eigenvalue weighted by Gasteiger charge is -2.04. The number of aromatic nitrogens is 2. The lowest BCUT2D eigenvalue weighted by molar-refractivity contribution is 0.190. The molecule has 0 unspecified atom stereocenters. The largest absolute Gasteiger partial charge is 0.385 e. The van der Waals surface area contributed by atoms with Gasteiger partial charge in [0, 0.05) is 20.3 Å². The normalized spacial score (nSPS) is 10.5. The van der Waals surface area contributed by atoms with Gasteiger partial charge >= 0.3 is 0 Å². The molecule has 1 rings (SSSR count). The minimum absolute atomic E-state index is 0.0356. The summed E-state index contributed by atoms with van der Waals surface area (Å²) < 4.78 is 6.27. The highest BCUT2D eigenvalue weighted by atomic mass is 35.5. The molecule has 0 radical (unpaired) electrons. The summed E-state index contributed by atoms with van der Waals surface area (Å²) in [5.41, 5.74) is -0.317. The Labute approximate surface area is 91.4 Å². The van der Waals surface area contributed by atoms with Gasteiger partial charge in [0.1, 0.15) is 5.02 Å². The van der Waals surface area contributed by atoms with Gasteiger partial charge in [0.05, 0.1) is 6.33 Å². The zero-order valence-corrected chi connectivity index (χ0v) is 9.18. The Kier molecular flexibility index (Phi) is 4.38. The van der Waals surface area contributed by atoms with Gasteiger partial charge in [0.25, 0.3) is 5.56 Å². The Hall–Kier alpha value is -0.580. The molecule has 4 nitrogen and oxygen atoms in total. The molecule has 0 saturated carbocycles. The molecule has 6 heteroatoms. The van der Waals surface area contributed by atoms with E-state index < -0.39 is 0 Å². The van der Waals surface area contributed by atoms with E-state index in [0.717, 1.165) is 6.42 Å². The Morgan fingerprint density at radius 3 is 2.93 bits per heavy atom. The third-order valence-electron chi connectivity index (χ3n) is 1.69. The van der Waals surface area contributed by atoms with Crippen LogP contribution < -0.4 is 5.56 Å². The van der Waals surface area contributed by atoms with Gasteiger partial charge in [-0.3, -0.25) is 9.36 Å². The molecule has 0 fully saturated rings. The average Bonchev–Trinajstić information content (AvgIpc) is 2.18. The minimum Gasteiger partial charge on any atom is -0.385 e. The maximum absolute atomic E-state index is 11.4. The summed E-state index contributed by atoms with van der Waals surface area (Å²) in [6, 6.07) is 0. The van der Waals surface area contributed by atoms with Gasteiger partial charge in [-0.15, -0.1) is 0 Å². The molecule has 0 spiro atoms. The van der Waals surface area contributed by atoms with Crippen molar-refractivity contribution in [3.63, 3.8) is 0 Å². The molecule has 0 aliphatic heterocycles. The maximum atomic E-state index is 11.4. The molecule has 0 atom stereocenters. The average molecular weight is 237 g/mol. The van der Waals surface area contributed by atoms with E-state index in [0.29, 0.717) is 13.2 Å². The molecule has 1 heterocycles. The van der Waals surface area contributed by atoms with E-state index in [2.05, 4.69) is 4.98 Å². The first-order valence-corrected chi connectivity index (χ1v) is 4.81. The highest BCUT2D eigenvalue weighted by Gasteiger charge is 2.06. The molecule has 0 amide bonds. The molecule has 0 bridgehead atoms. The van der Waals surface area contributed by atoms with Crippen molar-refractivity contribution in [2.75, 3.05) is 13.7 Å². The van der Waals surface area contributed by atoms with E-state index in [1.807, 2.05) is 0 Å². The van der Waals surface area contributed by atoms with Crippen LogP contribution in [0.25, 0.3) is 0 Å². The van der Waals surface area contributed by atoms with Crippen molar-refractivity contribution in [2.24, 2.45) is 0 Å². The summed E-state index contributed by atoms with van der Waals surface area (Å²) in [5, 5.41) is 0.00578. The van der Waals surface area contributed by atoms with Gasteiger partial charge in [-0.05, 0) is 6.42 Å². The molecule has 78 valence electrons. The monoisotopic (exact) mass is 236 g/mol. The van der Waals surface area contributed by atoms with Gasteiger partial charge in [-0.25, -0.2) is 4.98 Å². The van der Waals surface area contributed by atoms with E-state index in [-0.39, 0.29) is 15.7 Å². The van der Waals surface area contributed by atoms with E-state index in [9.17, 15) is 4.79 Å². The van der Waals surface area contributed by atoms with Crippen molar-refractivity contribution in [3.8, 4) is 0 Å². The zero-order valence-electron chi connectivity index (χ0n) is 7.67. The third-order valence-corrected chi connectivity index (χ3v) is 2.41. The number of methoxy groups -OCH3 is 1. The molecular formula is C8H10Cl2N2O2. The minimum atomic E-state index is -0.317. The van der Waals surface area contributed by atoms with Crippen LogP contribution in [0.1, 0.15) is 6.42 Å². The number of aryl methyl sites for hydroxylation is 1. The standard InChI is InChI=1S/C8H10Cl2N2O2/c1-14-4-2-3-12-5-11-7(10)6(9)8(12)13/h5H,2-4H2,1H3. The Morgan fingerprint density at radius 1 is 1.57 bits per heavy atom. The maximum Gasteiger partial charge on any atom is 0.273 e. The van der Waals surface area contributed by atoms with Crippen LogP contribution >= 0.6 is 23.2 Å². The van der Waals surface area contributed by atoms with Gasteiger partial charge in [-0.1, -0.05) is 23.2 Å². The van der Waals surface area contributed by atoms with Crippen molar-refractivity contribution >= 4 is 23.2 Å². The molecule has 0 aliphatic carbocycles. The topological polar surface area (TPSA) is 44.1 Å². The second-order valence-corrected chi connectivity index (χ2v) is 3.43. The summed E-state index contributed by atoms with van der Waals surface area (Å²) in [6.45, 7) is 1.11. The van der Waals surface area contributed by atoms with Crippen molar-refractivity contribution in [2.45, 2.75) is 13.0 Å². The van der Waals surface area contributed by atoms with Crippen molar-refractivity contribution in [1.29, 1.82) is 0 Å². The summed E-state index contributed by atoms with van der Waals surface area (Å²) >= 11 is 11.2. The molecule has 0 N–H and O–H groups in total. The molecule has 1 aromatic rings. The lowest BCUT2D eigenvalue weighted by Crippen LogP contribution is -2.21. The van der Waals surface area contributed by atoms with Gasteiger partial charge in [0.2, 0.25) is 0 Å². The highest BCUT2D eigenvalue weighted by molar-refractivity contribution is 6.40. The first-order valence-electron chi connectivity index (χ1n) is 4.06. The fourth-order valence-corrected chi connectivity index (χ4v) is 1.26. The van der Waals surface area contributed by atoms with Crippen LogP contribution in [0.4, 0.5) is 0 Å². The fourth-order valence-electron chi connectivity index (χ4n) is 0.982. The first kappa shape index (κ1) is 11.5. The summed E-state index contributed by atoms with van der Waals surface area (Å²) in [5.74, 6) is 0. The third kappa shape index (κ3) is 2.70. The summed E-state index contributed by atoms with van der Waals surface area (Å²) in [4.78, 5) is 15.2. The van der Waals surface area contributed by atoms with Gasteiger partial charge in [0.15, 0.2) is 5.15 Å². The van der Waals surface area contributed by atoms with Crippen LogP contribution in [-0.2, 0) is 11.3 Å². The van der Waals surface area contributed by atoms with Crippen LogP contribution in [-0.4, -0.2) is 23.3 Å². The Morgan fingerprint density at radius 2 is 2.29 bits per heavy atom. The van der Waals surface area contributed by atoms with Crippen molar-refractivity contribution in [1.82, 2.24) is 9.55 Å². The van der Waals surface area contributed by atoms with Crippen LogP contribution in [0.15, 0.2) is 11.1 Å². The van der Waals surface area contributed by atoms with E-state index >= 15 is 0 Å². The SMILES string of the molecule is COCCCn1cnc(Cl)c(Cl)c1=O. The van der Waals surface area contributed by atoms with Crippen molar-refractivity contribution in [3.05, 3.63) is 26.9 Å². The fraction of sp³-hybridized carbons (Fsp3) is 0.500. The van der Waals surface area contributed by atoms with Gasteiger partial charge < -0.3 is 4.74 Å². The predicted molar refractivity (Wildman–Crippen MR) is 55.0 cm³/mol. The van der Waals surface area contributed by atoms with Crippen LogP contribution in [0.2, 0.25) is 10.2 Å². The summed E-state index contributed by atoms with van der Waals surface area (Å²) in [7, 11) is 1.61. The number of ether oxygens (including phenoxy) is 1. The second-order valence-electron chi connectivity index (χ2n) is 2.69. The number of nitrogens with zero attached hydrogens (tertiary/aromatic N) is 2. The molecular weight excluding hydrogens is 227 g/mol. The van der Waals surface area contributed by atoms with Crippen LogP contribution in [0.3, 0.4) is 0 Å². The second kappa shape index (κ2) is 5.34. The molecule has 1 aromatic heterocycles. The summed E-state index contributed by atoms with van der Waals surface area (Å²) in [6.07, 6.45) is 2.11. The Balaban J connectivity index is 2.79. The lowest BCUT2D eigenvalue weighted by atomic mass is 10.4. The number of halogens is 2. The van der Waals surface area contributed by atoms with Gasteiger partial charge in [-0.2, -0.15) is 0 Å². The van der Waals surface area contributed by atoms with Crippen LogP contribution in [0.5, 0.6) is 0 Å². The first-order chi connectivity index (χ1) is 6.66. The smallest absolute Gasteiger partial charge is 0.273 e. The predicted octanol–water partition coefficient (Wildman–Crippen LogP) is 1.59. The van der Waals surface area contributed by atoms with E-state index in [1.54, 1.807) is 7.11 Å². The molecule has 0 aromatic carbocycles. The number of hydrogen-bond donors (Lipinski definition) is 0. The molecule has 14 heavy (non-hydrogen) atoms. The highest BCUT2D eigenvalue weighted by Crippen LogP contribution is 2.12. The quantitative estimate of drug-likeness (QED) is 0.590. The molecule has 0 saturated heterocycles. The molecule has 0 aliphatic rings. The van der Waals surface area contributed by atoms with Crippen LogP contribution in [0, 0.1) is 0 Å². The number of hydrogen-bond acceptors (Lipinski definition) is 3. The Bertz CT molecular complexity index is 365. The zero-order chi connectivity index (χ0) is 10.6. The van der Waals surface area contributed by atoms with E-state index in [1.165, 1.54) is 10.9 Å². The van der Waals surface area contributed by atoms with E-state index in [4.69, 9.17) is 27.9 Å².